The van der Waals surface area contributed by atoms with Crippen molar-refractivity contribution in [3.05, 3.63) is 204 Å². The van der Waals surface area contributed by atoms with E-state index in [1.807, 2.05) is 6.20 Å². The molecule has 0 fully saturated rings. The first-order valence-electron chi connectivity index (χ1n) is 26.7. The van der Waals surface area contributed by atoms with E-state index in [-0.39, 0.29) is 21.7 Å². The Morgan fingerprint density at radius 1 is 0.400 bits per heavy atom. The normalized spacial score (nSPS) is 13.3. The van der Waals surface area contributed by atoms with Crippen LogP contribution in [0.25, 0.3) is 82.1 Å². The predicted octanol–water partition coefficient (Wildman–Crippen LogP) is 19.5. The molecule has 0 aliphatic carbocycles. The number of rotatable bonds is 5. The predicted molar refractivity (Wildman–Crippen MR) is 320 cm³/mol. The van der Waals surface area contributed by atoms with E-state index in [1.165, 1.54) is 82.1 Å². The number of anilines is 2. The minimum absolute atomic E-state index is 0.0219. The van der Waals surface area contributed by atoms with Crippen LogP contribution in [0, 0.1) is 0 Å². The van der Waals surface area contributed by atoms with Crippen molar-refractivity contribution in [3.63, 3.8) is 0 Å². The Labute approximate surface area is 442 Å². The second-order valence-electron chi connectivity index (χ2n) is 25.0. The maximum Gasteiger partial charge on any atom is 0.137 e. The van der Waals surface area contributed by atoms with Gasteiger partial charge in [-0.25, -0.2) is 4.98 Å². The van der Waals surface area contributed by atoms with Gasteiger partial charge in [-0.05, 0) is 126 Å². The van der Waals surface area contributed by atoms with E-state index in [0.717, 1.165) is 45.1 Å². The van der Waals surface area contributed by atoms with Crippen LogP contribution in [0.5, 0.6) is 11.5 Å². The highest BCUT2D eigenvalue weighted by molar-refractivity contribution is 6.22. The average Bonchev–Trinajstić information content (AvgIpc) is 3.98. The lowest BCUT2D eigenvalue weighted by molar-refractivity contribution is 0.483. The molecule has 12 rings (SSSR count). The fourth-order valence-corrected chi connectivity index (χ4v) is 11.4. The van der Waals surface area contributed by atoms with Gasteiger partial charge in [0.1, 0.15) is 24.0 Å². The summed E-state index contributed by atoms with van der Waals surface area (Å²) in [5, 5.41) is 9.70. The molecular weight excluding hydrogens is 913 g/mol. The lowest BCUT2D eigenvalue weighted by Gasteiger charge is -2.27. The van der Waals surface area contributed by atoms with Crippen molar-refractivity contribution in [1.29, 1.82) is 0 Å². The molecule has 0 unspecified atom stereocenters. The molecule has 0 N–H and O–H groups in total. The second kappa shape index (κ2) is 17.3. The Morgan fingerprint density at radius 2 is 0.960 bits per heavy atom. The number of ether oxygens (including phenoxy) is 1. The van der Waals surface area contributed by atoms with Crippen molar-refractivity contribution in [3.8, 4) is 28.4 Å². The summed E-state index contributed by atoms with van der Waals surface area (Å²) < 4.78 is 11.8. The molecule has 0 radical (unpaired) electrons. The Hall–Kier alpha value is -7.89. The summed E-state index contributed by atoms with van der Waals surface area (Å²) in [6.45, 7) is 28.3. The van der Waals surface area contributed by atoms with Crippen LogP contribution in [0.2, 0.25) is 0 Å². The van der Waals surface area contributed by atoms with E-state index in [1.54, 1.807) is 0 Å². The quantitative estimate of drug-likeness (QED) is 0.172. The zero-order chi connectivity index (χ0) is 52.3. The molecule has 0 spiro atoms. The molecule has 0 saturated carbocycles. The third kappa shape index (κ3) is 8.38. The summed E-state index contributed by atoms with van der Waals surface area (Å²) >= 11 is 0. The van der Waals surface area contributed by atoms with E-state index < -0.39 is 0 Å². The van der Waals surface area contributed by atoms with Crippen molar-refractivity contribution in [1.82, 2.24) is 14.1 Å². The van der Waals surface area contributed by atoms with Gasteiger partial charge in [0.2, 0.25) is 0 Å². The van der Waals surface area contributed by atoms with Gasteiger partial charge in [0.05, 0.1) is 27.8 Å². The molecule has 5 nitrogen and oxygen atoms in total. The van der Waals surface area contributed by atoms with Gasteiger partial charge in [-0.3, -0.25) is 4.57 Å². The second-order valence-corrected chi connectivity index (χ2v) is 25.0. The van der Waals surface area contributed by atoms with Crippen LogP contribution in [-0.2, 0) is 28.3 Å². The molecular formula is C70H68N4O. The zero-order valence-corrected chi connectivity index (χ0v) is 45.7. The molecule has 374 valence electrons. The largest absolute Gasteiger partial charge is 0.457 e. The van der Waals surface area contributed by atoms with Gasteiger partial charge in [0.15, 0.2) is 0 Å². The summed E-state index contributed by atoms with van der Waals surface area (Å²) in [5.41, 5.74) is 14.3. The molecule has 0 bridgehead atoms. The first-order valence-corrected chi connectivity index (χ1v) is 26.7. The smallest absolute Gasteiger partial charge is 0.137 e. The van der Waals surface area contributed by atoms with Crippen molar-refractivity contribution in [2.75, 3.05) is 4.90 Å². The van der Waals surface area contributed by atoms with Crippen LogP contribution >= 0.6 is 0 Å². The first-order chi connectivity index (χ1) is 35.7. The highest BCUT2D eigenvalue weighted by atomic mass is 16.5. The summed E-state index contributed by atoms with van der Waals surface area (Å²) in [5.74, 6) is 2.42. The Kier molecular flexibility index (Phi) is 11.1. The number of hydrogen-bond acceptors (Lipinski definition) is 3. The highest BCUT2D eigenvalue weighted by Crippen LogP contribution is 2.47. The SMILES string of the molecule is CC(C)(C)c1cc(-c2cccc3c4ccc(C(C)(C)C)cc4c4ccccc4c4cccc5c4n(c23)CN5c2cccc(Oc3ccc4c5ccccc5n(-c5cc(C(C)(C)C)ccn5)c4c3)c2)cc(C(C)(C)C)c1. The van der Waals surface area contributed by atoms with Gasteiger partial charge < -0.3 is 14.2 Å². The van der Waals surface area contributed by atoms with Gasteiger partial charge in [0, 0.05) is 51.1 Å². The topological polar surface area (TPSA) is 35.2 Å². The highest BCUT2D eigenvalue weighted by Gasteiger charge is 2.28. The molecule has 1 aliphatic heterocycles. The van der Waals surface area contributed by atoms with Crippen LogP contribution in [0.3, 0.4) is 0 Å². The van der Waals surface area contributed by atoms with Gasteiger partial charge in [-0.2, -0.15) is 0 Å². The fourth-order valence-electron chi connectivity index (χ4n) is 11.4. The molecule has 4 heterocycles. The van der Waals surface area contributed by atoms with Crippen molar-refractivity contribution in [2.24, 2.45) is 0 Å². The molecule has 5 heteroatoms. The Morgan fingerprint density at radius 3 is 1.67 bits per heavy atom. The number of para-hydroxylation sites is 3. The minimum Gasteiger partial charge on any atom is -0.457 e. The third-order valence-corrected chi connectivity index (χ3v) is 15.7. The van der Waals surface area contributed by atoms with E-state index in [9.17, 15) is 0 Å². The molecule has 8 aromatic carbocycles. The summed E-state index contributed by atoms with van der Waals surface area (Å²) in [7, 11) is 0. The number of benzene rings is 8. The molecule has 0 atom stereocenters. The number of fused-ring (bicyclic) bond motifs is 10. The van der Waals surface area contributed by atoms with Crippen LogP contribution in [-0.4, -0.2) is 14.1 Å². The number of pyridine rings is 1. The van der Waals surface area contributed by atoms with E-state index in [2.05, 4.69) is 273 Å². The van der Waals surface area contributed by atoms with Gasteiger partial charge in [0.25, 0.3) is 0 Å². The molecule has 11 aromatic rings. The van der Waals surface area contributed by atoms with E-state index in [4.69, 9.17) is 9.72 Å². The standard InChI is InChI=1S/C70H68N4O/c1-67(2,3)45-30-32-55-58-26-18-25-52(44-36-47(69(7,8)9)38-48(37-44)70(10,11)12)65(58)73-43-72(62-29-19-27-59(66(62)73)53-22-13-14-23-54(53)60(55)39-45)49-20-17-21-50(41-49)75-51-31-33-57-56-24-15-16-28-61(56)74(63(57)42-51)64-40-46(34-35-71-64)68(4,5)6/h13-42H,43H2,1-12H3. The van der Waals surface area contributed by atoms with Crippen LogP contribution in [0.15, 0.2) is 182 Å². The van der Waals surface area contributed by atoms with Crippen LogP contribution < -0.4 is 9.64 Å². The van der Waals surface area contributed by atoms with Gasteiger partial charge in [-0.1, -0.05) is 192 Å². The molecule has 0 saturated heterocycles. The van der Waals surface area contributed by atoms with Crippen LogP contribution in [0.1, 0.15) is 105 Å². The summed E-state index contributed by atoms with van der Waals surface area (Å²) in [4.78, 5) is 7.41. The van der Waals surface area contributed by atoms with Crippen LogP contribution in [0.4, 0.5) is 11.4 Å². The number of aromatic nitrogens is 3. The number of nitrogens with zero attached hydrogens (tertiary/aromatic N) is 4. The molecule has 3 aromatic heterocycles. The van der Waals surface area contributed by atoms with Crippen molar-refractivity contribution in [2.45, 2.75) is 111 Å². The summed E-state index contributed by atoms with van der Waals surface area (Å²) in [6.07, 6.45) is 1.93. The van der Waals surface area contributed by atoms with Gasteiger partial charge in [-0.15, -0.1) is 0 Å². The lowest BCUT2D eigenvalue weighted by Crippen LogP contribution is -2.17. The van der Waals surface area contributed by atoms with Crippen molar-refractivity contribution >= 4 is 76.5 Å². The van der Waals surface area contributed by atoms with E-state index in [0.29, 0.717) is 6.67 Å². The minimum atomic E-state index is -0.0506. The maximum absolute atomic E-state index is 6.94. The van der Waals surface area contributed by atoms with Crippen molar-refractivity contribution < 1.29 is 4.74 Å². The fraction of sp³-hybridized carbons (Fsp3) is 0.243. The molecule has 1 aliphatic rings. The molecule has 0 amide bonds. The average molecular weight is 981 g/mol. The maximum atomic E-state index is 6.94. The Balaban J connectivity index is 1.08. The lowest BCUT2D eigenvalue weighted by atomic mass is 9.78. The summed E-state index contributed by atoms with van der Waals surface area (Å²) in [6, 6.07) is 65.5. The first kappa shape index (κ1) is 48.1. The third-order valence-electron chi connectivity index (χ3n) is 15.7. The monoisotopic (exact) mass is 981 g/mol. The van der Waals surface area contributed by atoms with E-state index >= 15 is 0 Å². The Bertz CT molecular complexity index is 4140. The zero-order valence-electron chi connectivity index (χ0n) is 45.7. The molecule has 75 heavy (non-hydrogen) atoms. The number of hydrogen-bond donors (Lipinski definition) is 0. The van der Waals surface area contributed by atoms with Gasteiger partial charge >= 0.3 is 0 Å².